The van der Waals surface area contributed by atoms with E-state index in [0.717, 1.165) is 34.1 Å². The van der Waals surface area contributed by atoms with Gasteiger partial charge in [-0.15, -0.1) is 0 Å². The highest BCUT2D eigenvalue weighted by Crippen LogP contribution is 2.52. The van der Waals surface area contributed by atoms with Crippen molar-refractivity contribution >= 4 is 18.1 Å². The summed E-state index contributed by atoms with van der Waals surface area (Å²) in [7, 11) is -0.404. The molecule has 0 radical (unpaired) electrons. The van der Waals surface area contributed by atoms with Crippen molar-refractivity contribution in [3.05, 3.63) is 105 Å². The van der Waals surface area contributed by atoms with Gasteiger partial charge in [-0.1, -0.05) is 103 Å². The zero-order chi connectivity index (χ0) is 33.7. The van der Waals surface area contributed by atoms with Gasteiger partial charge in [0.25, 0.3) is 18.1 Å². The van der Waals surface area contributed by atoms with Crippen molar-refractivity contribution in [1.82, 2.24) is 0 Å². The Kier molecular flexibility index (Phi) is 12.2. The van der Waals surface area contributed by atoms with E-state index in [-0.39, 0.29) is 29.9 Å². The highest BCUT2D eigenvalue weighted by atomic mass is 31.1. The largest absolute Gasteiger partial charge is 0.441 e. The average Bonchev–Trinajstić information content (AvgIpc) is 2.99. The molecule has 6 heteroatoms. The number of benzene rings is 4. The van der Waals surface area contributed by atoms with E-state index in [0.29, 0.717) is 11.8 Å². The van der Waals surface area contributed by atoms with Crippen LogP contribution in [0.15, 0.2) is 60.7 Å². The van der Waals surface area contributed by atoms with Crippen LogP contribution in [0.1, 0.15) is 124 Å². The molecule has 0 aromatic heterocycles. The van der Waals surface area contributed by atoms with Crippen LogP contribution in [0.4, 0.5) is 0 Å². The van der Waals surface area contributed by atoms with Crippen LogP contribution in [0.3, 0.4) is 0 Å². The van der Waals surface area contributed by atoms with Gasteiger partial charge >= 0.3 is 0 Å². The van der Waals surface area contributed by atoms with Crippen molar-refractivity contribution in [3.8, 4) is 34.1 Å². The summed E-state index contributed by atoms with van der Waals surface area (Å²) in [4.78, 5) is 0. The first-order valence-corrected chi connectivity index (χ1v) is 18.1. The molecule has 246 valence electrons. The Labute approximate surface area is 281 Å². The lowest BCUT2D eigenvalue weighted by molar-refractivity contribution is 0.504. The maximum atomic E-state index is 6.75. The van der Waals surface area contributed by atoms with Gasteiger partial charge in [0.1, 0.15) is 23.0 Å². The third kappa shape index (κ3) is 8.26. The molecule has 0 saturated heterocycles. The SMILES string of the molecule is Cc1ccc(OPOc2c(C(C)C)cc(C(C)C)c(C)c2-c2c(C)c(C(C)C)cc(C(C)C)c2OPOc2ccc(C)cc2)cc1. The molecular weight excluding hydrogens is 606 g/mol. The molecule has 0 amide bonds. The lowest BCUT2D eigenvalue weighted by Gasteiger charge is -2.29. The number of hydrogen-bond donors (Lipinski definition) is 0. The Morgan fingerprint density at radius 1 is 0.413 bits per heavy atom. The molecule has 4 aromatic carbocycles. The average molecular weight is 659 g/mol. The molecule has 4 aromatic rings. The standard InChI is InChI=1S/C40H52O4P2/c1-23(2)33-21-35(25(5)6)39(43-45-41-31-17-13-27(9)14-18-31)37(29(33)11)38-30(12)34(24(3)4)22-36(26(7)8)40(38)44-46-42-32-19-15-28(10)16-20-32/h13-26,45-46H,1-12H3. The van der Waals surface area contributed by atoms with E-state index >= 15 is 0 Å². The Bertz CT molecular complexity index is 1500. The first-order valence-electron chi connectivity index (χ1n) is 16.5. The molecule has 0 aliphatic heterocycles. The second-order valence-corrected chi connectivity index (χ2v) is 14.7. The van der Waals surface area contributed by atoms with Crippen LogP contribution < -0.4 is 18.1 Å². The molecule has 0 heterocycles. The fraction of sp³-hybridized carbons (Fsp3) is 0.400. The number of hydrogen-bond acceptors (Lipinski definition) is 4. The Morgan fingerprint density at radius 2 is 0.717 bits per heavy atom. The number of rotatable bonds is 13. The van der Waals surface area contributed by atoms with Crippen LogP contribution in [0.25, 0.3) is 11.1 Å². The van der Waals surface area contributed by atoms with E-state index in [2.05, 4.69) is 119 Å². The van der Waals surface area contributed by atoms with E-state index in [1.54, 1.807) is 0 Å². The van der Waals surface area contributed by atoms with Crippen molar-refractivity contribution in [2.24, 2.45) is 0 Å². The molecule has 0 fully saturated rings. The van der Waals surface area contributed by atoms with Crippen LogP contribution in [-0.2, 0) is 0 Å². The summed E-state index contributed by atoms with van der Waals surface area (Å²) in [5.41, 5.74) is 12.0. The molecule has 0 saturated carbocycles. The Morgan fingerprint density at radius 3 is 1.00 bits per heavy atom. The van der Waals surface area contributed by atoms with E-state index in [1.165, 1.54) is 44.5 Å². The normalized spacial score (nSPS) is 12.1. The first kappa shape index (κ1) is 35.8. The molecular formula is C40H52O4P2. The molecule has 4 nitrogen and oxygen atoms in total. The van der Waals surface area contributed by atoms with Crippen molar-refractivity contribution in [2.75, 3.05) is 0 Å². The highest BCUT2D eigenvalue weighted by molar-refractivity contribution is 7.27. The van der Waals surface area contributed by atoms with Gasteiger partial charge in [-0.2, -0.15) is 0 Å². The third-order valence-corrected chi connectivity index (χ3v) is 9.82. The Balaban J connectivity index is 1.94. The fourth-order valence-corrected chi connectivity index (χ4v) is 7.07. The molecule has 2 atom stereocenters. The first-order chi connectivity index (χ1) is 21.8. The minimum absolute atomic E-state index is 0.202. The molecule has 4 rings (SSSR count). The molecule has 46 heavy (non-hydrogen) atoms. The van der Waals surface area contributed by atoms with Gasteiger partial charge in [-0.25, -0.2) is 0 Å². The van der Waals surface area contributed by atoms with Gasteiger partial charge in [0.15, 0.2) is 0 Å². The quantitative estimate of drug-likeness (QED) is 0.134. The Hall–Kier alpha value is -3.06. The minimum Gasteiger partial charge on any atom is -0.441 e. The van der Waals surface area contributed by atoms with Crippen LogP contribution in [0.2, 0.25) is 0 Å². The van der Waals surface area contributed by atoms with Crippen molar-refractivity contribution in [3.63, 3.8) is 0 Å². The van der Waals surface area contributed by atoms with Crippen LogP contribution >= 0.6 is 18.1 Å². The summed E-state index contributed by atoms with van der Waals surface area (Å²) < 4.78 is 25.8. The van der Waals surface area contributed by atoms with Crippen molar-refractivity contribution in [2.45, 2.75) is 107 Å². The van der Waals surface area contributed by atoms with Gasteiger partial charge in [-0.3, -0.25) is 0 Å². The van der Waals surface area contributed by atoms with Gasteiger partial charge in [-0.05, 0) is 109 Å². The lowest BCUT2D eigenvalue weighted by Crippen LogP contribution is -2.08. The van der Waals surface area contributed by atoms with Crippen LogP contribution in [-0.4, -0.2) is 0 Å². The van der Waals surface area contributed by atoms with E-state index in [4.69, 9.17) is 18.1 Å². The maximum Gasteiger partial charge on any atom is 0.275 e. The highest BCUT2D eigenvalue weighted by Gasteiger charge is 2.29. The van der Waals surface area contributed by atoms with E-state index in [9.17, 15) is 0 Å². The van der Waals surface area contributed by atoms with Crippen LogP contribution in [0.5, 0.6) is 23.0 Å². The summed E-state index contributed by atoms with van der Waals surface area (Å²) in [6.07, 6.45) is 0. The second-order valence-electron chi connectivity index (χ2n) is 13.6. The lowest BCUT2D eigenvalue weighted by atomic mass is 9.80. The fourth-order valence-electron chi connectivity index (χ4n) is 5.91. The summed E-state index contributed by atoms with van der Waals surface area (Å²) in [6.45, 7) is 26.6. The predicted molar refractivity (Wildman–Crippen MR) is 199 cm³/mol. The molecule has 0 bridgehead atoms. The van der Waals surface area contributed by atoms with Gasteiger partial charge in [0.05, 0.1) is 0 Å². The summed E-state index contributed by atoms with van der Waals surface area (Å²) in [5, 5.41) is 0. The summed E-state index contributed by atoms with van der Waals surface area (Å²) >= 11 is 0. The maximum absolute atomic E-state index is 6.75. The topological polar surface area (TPSA) is 36.9 Å². The molecule has 2 unspecified atom stereocenters. The van der Waals surface area contributed by atoms with E-state index < -0.39 is 0 Å². The minimum atomic E-state index is -0.202. The monoisotopic (exact) mass is 658 g/mol. The molecule has 0 spiro atoms. The van der Waals surface area contributed by atoms with Crippen molar-refractivity contribution < 1.29 is 18.1 Å². The molecule has 0 aliphatic carbocycles. The van der Waals surface area contributed by atoms with E-state index in [1.807, 2.05) is 24.3 Å². The molecule has 0 aliphatic rings. The van der Waals surface area contributed by atoms with Gasteiger partial charge < -0.3 is 18.1 Å². The number of aryl methyl sites for hydroxylation is 2. The van der Waals surface area contributed by atoms with Crippen LogP contribution in [0, 0.1) is 27.7 Å². The predicted octanol–water partition coefficient (Wildman–Crippen LogP) is 13.0. The summed E-state index contributed by atoms with van der Waals surface area (Å²) in [5.74, 6) is 4.49. The van der Waals surface area contributed by atoms with Crippen molar-refractivity contribution in [1.29, 1.82) is 0 Å². The third-order valence-electron chi connectivity index (χ3n) is 8.60. The van der Waals surface area contributed by atoms with Gasteiger partial charge in [0, 0.05) is 11.1 Å². The molecule has 0 N–H and O–H groups in total. The smallest absolute Gasteiger partial charge is 0.275 e. The zero-order valence-corrected chi connectivity index (χ0v) is 31.7. The zero-order valence-electron chi connectivity index (χ0n) is 29.7. The summed E-state index contributed by atoms with van der Waals surface area (Å²) in [6, 6.07) is 20.9. The second kappa shape index (κ2) is 15.7. The van der Waals surface area contributed by atoms with Gasteiger partial charge in [0.2, 0.25) is 0 Å².